The van der Waals surface area contributed by atoms with Gasteiger partial charge in [-0.1, -0.05) is 23.7 Å². The molecule has 1 heterocycles. The number of anilines is 2. The van der Waals surface area contributed by atoms with Gasteiger partial charge in [0.05, 0.1) is 18.4 Å². The Hall–Kier alpha value is -2.75. The molecule has 3 N–H and O–H groups in total. The Morgan fingerprint density at radius 3 is 2.74 bits per heavy atom. The van der Waals surface area contributed by atoms with Gasteiger partial charge in [-0.3, -0.25) is 0 Å². The highest BCUT2D eigenvalue weighted by Crippen LogP contribution is 2.30. The van der Waals surface area contributed by atoms with E-state index in [4.69, 9.17) is 21.5 Å². The second-order valence-corrected chi connectivity index (χ2v) is 7.66. The number of primary sulfonamides is 1. The van der Waals surface area contributed by atoms with Crippen molar-refractivity contribution in [2.45, 2.75) is 5.75 Å². The Kier molecular flexibility index (Phi) is 5.54. The predicted molar refractivity (Wildman–Crippen MR) is 103 cm³/mol. The van der Waals surface area contributed by atoms with Gasteiger partial charge in [0, 0.05) is 10.7 Å². The highest BCUT2D eigenvalue weighted by atomic mass is 35.5. The number of ether oxygens (including phenoxy) is 1. The van der Waals surface area contributed by atoms with Crippen LogP contribution in [0.1, 0.15) is 5.56 Å². The standard InChI is InChI=1S/C17H16ClN5O3S/c1-26-15-8-12(18)5-6-14(15)16-20-10-21-17(23-16)22-13-4-2-3-11(7-13)9-27(19,24)25/h2-8,10H,9H2,1H3,(H2,19,24,25)(H,20,21,22,23). The molecule has 0 spiro atoms. The van der Waals surface area contributed by atoms with Crippen LogP contribution in [0.3, 0.4) is 0 Å². The van der Waals surface area contributed by atoms with Crippen LogP contribution in [0.15, 0.2) is 48.8 Å². The van der Waals surface area contributed by atoms with Gasteiger partial charge >= 0.3 is 0 Å². The van der Waals surface area contributed by atoms with Crippen molar-refractivity contribution in [1.82, 2.24) is 15.0 Å². The van der Waals surface area contributed by atoms with Crippen molar-refractivity contribution in [3.8, 4) is 17.1 Å². The third-order valence-corrected chi connectivity index (χ3v) is 4.50. The summed E-state index contributed by atoms with van der Waals surface area (Å²) in [5.74, 6) is 0.980. The second kappa shape index (κ2) is 7.87. The van der Waals surface area contributed by atoms with Crippen LogP contribution in [-0.2, 0) is 15.8 Å². The number of sulfonamides is 1. The van der Waals surface area contributed by atoms with Crippen molar-refractivity contribution in [2.75, 3.05) is 12.4 Å². The van der Waals surface area contributed by atoms with E-state index in [1.807, 2.05) is 0 Å². The lowest BCUT2D eigenvalue weighted by Crippen LogP contribution is -2.14. The molecule has 0 atom stereocenters. The van der Waals surface area contributed by atoms with Crippen molar-refractivity contribution in [3.05, 3.63) is 59.4 Å². The van der Waals surface area contributed by atoms with Crippen LogP contribution in [0.5, 0.6) is 5.75 Å². The number of halogens is 1. The summed E-state index contributed by atoms with van der Waals surface area (Å²) in [5.41, 5.74) is 1.84. The van der Waals surface area contributed by atoms with E-state index in [1.165, 1.54) is 13.4 Å². The maximum atomic E-state index is 11.3. The van der Waals surface area contributed by atoms with Gasteiger partial charge in [-0.05, 0) is 35.9 Å². The molecule has 0 radical (unpaired) electrons. The number of aromatic nitrogens is 3. The van der Waals surface area contributed by atoms with Crippen molar-refractivity contribution >= 4 is 33.3 Å². The van der Waals surface area contributed by atoms with E-state index < -0.39 is 10.0 Å². The van der Waals surface area contributed by atoms with Crippen LogP contribution in [0.2, 0.25) is 5.02 Å². The van der Waals surface area contributed by atoms with Crippen molar-refractivity contribution in [1.29, 1.82) is 0 Å². The van der Waals surface area contributed by atoms with Gasteiger partial charge in [0.15, 0.2) is 5.82 Å². The minimum atomic E-state index is -3.61. The molecule has 0 saturated heterocycles. The lowest BCUT2D eigenvalue weighted by molar-refractivity contribution is 0.416. The van der Waals surface area contributed by atoms with Gasteiger partial charge in [0.2, 0.25) is 16.0 Å². The Bertz CT molecular complexity index is 1080. The van der Waals surface area contributed by atoms with Crippen molar-refractivity contribution in [3.63, 3.8) is 0 Å². The molecular weight excluding hydrogens is 390 g/mol. The lowest BCUT2D eigenvalue weighted by atomic mass is 10.2. The lowest BCUT2D eigenvalue weighted by Gasteiger charge is -2.10. The SMILES string of the molecule is COc1cc(Cl)ccc1-c1ncnc(Nc2cccc(CS(N)(=O)=O)c2)n1. The molecular formula is C17H16ClN5O3S. The fraction of sp³-hybridized carbons (Fsp3) is 0.118. The van der Waals surface area contributed by atoms with E-state index in [2.05, 4.69) is 20.3 Å². The molecule has 10 heteroatoms. The number of methoxy groups -OCH3 is 1. The number of nitrogens with one attached hydrogen (secondary N) is 1. The van der Waals surface area contributed by atoms with Crippen LogP contribution < -0.4 is 15.2 Å². The van der Waals surface area contributed by atoms with Gasteiger partial charge in [-0.2, -0.15) is 4.98 Å². The van der Waals surface area contributed by atoms with E-state index >= 15 is 0 Å². The molecule has 0 aliphatic carbocycles. The molecule has 8 nitrogen and oxygen atoms in total. The number of benzene rings is 2. The summed E-state index contributed by atoms with van der Waals surface area (Å²) in [7, 11) is -2.08. The zero-order valence-electron chi connectivity index (χ0n) is 14.3. The monoisotopic (exact) mass is 405 g/mol. The first kappa shape index (κ1) is 19.0. The summed E-state index contributed by atoms with van der Waals surface area (Å²) in [6.45, 7) is 0. The summed E-state index contributed by atoms with van der Waals surface area (Å²) in [5, 5.41) is 8.65. The molecule has 0 saturated carbocycles. The molecule has 140 valence electrons. The minimum Gasteiger partial charge on any atom is -0.496 e. The van der Waals surface area contributed by atoms with Crippen LogP contribution in [0, 0.1) is 0 Å². The van der Waals surface area contributed by atoms with E-state index in [1.54, 1.807) is 42.5 Å². The highest BCUT2D eigenvalue weighted by molar-refractivity contribution is 7.88. The zero-order valence-corrected chi connectivity index (χ0v) is 15.8. The van der Waals surface area contributed by atoms with E-state index in [-0.39, 0.29) is 5.75 Å². The topological polar surface area (TPSA) is 120 Å². The quantitative estimate of drug-likeness (QED) is 0.646. The number of rotatable bonds is 6. The van der Waals surface area contributed by atoms with Crippen LogP contribution >= 0.6 is 11.6 Å². The third kappa shape index (κ3) is 5.13. The molecule has 0 aliphatic heterocycles. The summed E-state index contributed by atoms with van der Waals surface area (Å²) in [6.07, 6.45) is 1.37. The molecule has 27 heavy (non-hydrogen) atoms. The van der Waals surface area contributed by atoms with E-state index in [0.717, 1.165) is 0 Å². The zero-order chi connectivity index (χ0) is 19.4. The fourth-order valence-electron chi connectivity index (χ4n) is 2.44. The molecule has 0 fully saturated rings. The minimum absolute atomic E-state index is 0.257. The highest BCUT2D eigenvalue weighted by Gasteiger charge is 2.11. The van der Waals surface area contributed by atoms with Crippen LogP contribution in [0.25, 0.3) is 11.4 Å². The first-order chi connectivity index (χ1) is 12.8. The molecule has 0 aliphatic rings. The van der Waals surface area contributed by atoms with Crippen molar-refractivity contribution < 1.29 is 13.2 Å². The van der Waals surface area contributed by atoms with Gasteiger partial charge in [0.1, 0.15) is 12.1 Å². The Morgan fingerprint density at radius 2 is 2.00 bits per heavy atom. The smallest absolute Gasteiger partial charge is 0.230 e. The number of hydrogen-bond acceptors (Lipinski definition) is 7. The maximum Gasteiger partial charge on any atom is 0.230 e. The first-order valence-electron chi connectivity index (χ1n) is 7.73. The molecule has 2 aromatic carbocycles. The molecule has 1 aromatic heterocycles. The number of hydrogen-bond donors (Lipinski definition) is 2. The largest absolute Gasteiger partial charge is 0.496 e. The van der Waals surface area contributed by atoms with Gasteiger partial charge in [-0.25, -0.2) is 23.5 Å². The Labute approximate surface area is 161 Å². The average molecular weight is 406 g/mol. The summed E-state index contributed by atoms with van der Waals surface area (Å²) >= 11 is 5.99. The van der Waals surface area contributed by atoms with Crippen LogP contribution in [0.4, 0.5) is 11.6 Å². The average Bonchev–Trinajstić information content (AvgIpc) is 2.60. The number of nitrogens with two attached hydrogens (primary N) is 1. The van der Waals surface area contributed by atoms with E-state index in [9.17, 15) is 8.42 Å². The summed E-state index contributed by atoms with van der Waals surface area (Å²) in [6, 6.07) is 12.0. The van der Waals surface area contributed by atoms with Gasteiger partial charge < -0.3 is 10.1 Å². The maximum absolute atomic E-state index is 11.3. The second-order valence-electron chi connectivity index (χ2n) is 5.61. The molecule has 0 amide bonds. The third-order valence-electron chi connectivity index (χ3n) is 3.53. The molecule has 3 aromatic rings. The first-order valence-corrected chi connectivity index (χ1v) is 9.83. The Morgan fingerprint density at radius 1 is 1.19 bits per heavy atom. The predicted octanol–water partition coefficient (Wildman–Crippen LogP) is 2.73. The molecule has 0 unspecified atom stereocenters. The van der Waals surface area contributed by atoms with Gasteiger partial charge in [0.25, 0.3) is 0 Å². The normalized spacial score (nSPS) is 11.2. The van der Waals surface area contributed by atoms with Crippen molar-refractivity contribution in [2.24, 2.45) is 5.14 Å². The summed E-state index contributed by atoms with van der Waals surface area (Å²) in [4.78, 5) is 12.7. The van der Waals surface area contributed by atoms with Gasteiger partial charge in [-0.15, -0.1) is 0 Å². The van der Waals surface area contributed by atoms with E-state index in [0.29, 0.717) is 39.4 Å². The molecule has 0 bridgehead atoms. The van der Waals surface area contributed by atoms with Crippen LogP contribution in [-0.4, -0.2) is 30.5 Å². The Balaban J connectivity index is 1.88. The summed E-state index contributed by atoms with van der Waals surface area (Å²) < 4.78 is 27.8. The fourth-order valence-corrected chi connectivity index (χ4v) is 3.24. The molecule has 3 rings (SSSR count). The number of nitrogens with zero attached hydrogens (tertiary/aromatic N) is 3.